The number of aromatic hydroxyl groups is 1. The summed E-state index contributed by atoms with van der Waals surface area (Å²) in [6.45, 7) is 0. The first-order chi connectivity index (χ1) is 15.0. The number of rotatable bonds is 8. The van der Waals surface area contributed by atoms with Crippen molar-refractivity contribution in [1.29, 1.82) is 0 Å². The van der Waals surface area contributed by atoms with Crippen molar-refractivity contribution in [3.63, 3.8) is 0 Å². The molecule has 8 nitrogen and oxygen atoms in total. The third kappa shape index (κ3) is 5.72. The van der Waals surface area contributed by atoms with Gasteiger partial charge in [-0.05, 0) is 48.1 Å². The average Bonchev–Trinajstić information content (AvgIpc) is 3.22. The van der Waals surface area contributed by atoms with E-state index in [1.165, 1.54) is 25.5 Å². The molecule has 1 aromatic carbocycles. The number of hydrogen-bond donors (Lipinski definition) is 3. The summed E-state index contributed by atoms with van der Waals surface area (Å²) in [7, 11) is 1.27. The third-order valence-electron chi connectivity index (χ3n) is 4.53. The van der Waals surface area contributed by atoms with Gasteiger partial charge in [-0.25, -0.2) is 9.59 Å². The van der Waals surface area contributed by atoms with Gasteiger partial charge >= 0.3 is 11.7 Å². The molecule has 160 valence electrons. The number of ether oxygens (including phenoxy) is 1. The molecule has 31 heavy (non-hydrogen) atoms. The zero-order valence-corrected chi connectivity index (χ0v) is 16.9. The number of hydrogen-bond acceptors (Lipinski definition) is 6. The Morgan fingerprint density at radius 2 is 2.10 bits per heavy atom. The fourth-order valence-corrected chi connectivity index (χ4v) is 2.97. The molecule has 2 aromatic heterocycles. The molecule has 0 saturated carbocycles. The van der Waals surface area contributed by atoms with Crippen molar-refractivity contribution in [3.8, 4) is 5.75 Å². The molecular formula is C23H22N2O6. The number of aromatic nitrogens is 1. The highest BCUT2D eigenvalue weighted by Crippen LogP contribution is 2.19. The van der Waals surface area contributed by atoms with Crippen LogP contribution in [0.15, 0.2) is 64.1 Å². The molecule has 0 aliphatic carbocycles. The number of alkyl carbamates (subject to hydrolysis) is 1. The molecule has 0 fully saturated rings. The fraction of sp³-hybridized carbons (Fsp3) is 0.174. The lowest BCUT2D eigenvalue weighted by Gasteiger charge is -2.03. The standard InChI is InChI=1S/C23H22N2O6/c1-30-23(29)25-11-4-2-3-5-17-14-20(27)21(22(28)31-17)19(26)9-7-15-6-8-18-16(13-15)10-12-24-18/h4,6-14,24,27H,2-3,5H2,1H3,(H,25,29)/b9-7+,11-4+. The van der Waals surface area contributed by atoms with E-state index in [9.17, 15) is 19.5 Å². The van der Waals surface area contributed by atoms with E-state index in [-0.39, 0.29) is 5.76 Å². The Morgan fingerprint density at radius 3 is 2.87 bits per heavy atom. The summed E-state index contributed by atoms with van der Waals surface area (Å²) in [5, 5.41) is 13.6. The van der Waals surface area contributed by atoms with Gasteiger partial charge in [0.05, 0.1) is 7.11 Å². The van der Waals surface area contributed by atoms with Crippen LogP contribution >= 0.6 is 0 Å². The van der Waals surface area contributed by atoms with Crippen molar-refractivity contribution >= 4 is 28.9 Å². The Balaban J connectivity index is 1.62. The van der Waals surface area contributed by atoms with Crippen LogP contribution in [0.1, 0.15) is 34.5 Å². The van der Waals surface area contributed by atoms with E-state index in [0.717, 1.165) is 16.5 Å². The van der Waals surface area contributed by atoms with Gasteiger partial charge in [-0.15, -0.1) is 0 Å². The largest absolute Gasteiger partial charge is 0.507 e. The van der Waals surface area contributed by atoms with Crippen LogP contribution in [0.5, 0.6) is 5.75 Å². The van der Waals surface area contributed by atoms with Crippen LogP contribution in [0.4, 0.5) is 4.79 Å². The average molecular weight is 422 g/mol. The van der Waals surface area contributed by atoms with E-state index in [2.05, 4.69) is 15.0 Å². The van der Waals surface area contributed by atoms with Gasteiger partial charge in [0, 0.05) is 30.4 Å². The molecule has 0 spiro atoms. The Hall–Kier alpha value is -4.07. The highest BCUT2D eigenvalue weighted by atomic mass is 16.5. The summed E-state index contributed by atoms with van der Waals surface area (Å²) in [5.74, 6) is -0.774. The van der Waals surface area contributed by atoms with Crippen molar-refractivity contribution in [2.75, 3.05) is 7.11 Å². The van der Waals surface area contributed by atoms with Crippen LogP contribution in [0.3, 0.4) is 0 Å². The van der Waals surface area contributed by atoms with E-state index in [1.807, 2.05) is 30.5 Å². The number of allylic oxidation sites excluding steroid dienone is 2. The second kappa shape index (κ2) is 10.1. The van der Waals surface area contributed by atoms with E-state index in [0.29, 0.717) is 19.3 Å². The second-order valence-corrected chi connectivity index (χ2v) is 6.71. The van der Waals surface area contributed by atoms with Gasteiger partial charge in [0.15, 0.2) is 5.78 Å². The van der Waals surface area contributed by atoms with E-state index in [4.69, 9.17) is 4.42 Å². The topological polar surface area (TPSA) is 122 Å². The smallest absolute Gasteiger partial charge is 0.410 e. The number of benzene rings is 1. The van der Waals surface area contributed by atoms with Crippen LogP contribution in [0.2, 0.25) is 0 Å². The molecule has 0 bridgehead atoms. The van der Waals surface area contributed by atoms with Crippen LogP contribution < -0.4 is 10.9 Å². The van der Waals surface area contributed by atoms with Gasteiger partial charge in [-0.2, -0.15) is 0 Å². The van der Waals surface area contributed by atoms with Crippen molar-refractivity contribution in [3.05, 3.63) is 82.2 Å². The number of amides is 1. The SMILES string of the molecule is COC(=O)N/C=C/CCCc1cc(O)c(C(=O)/C=C/c2ccc3[nH]ccc3c2)c(=O)o1. The summed E-state index contributed by atoms with van der Waals surface area (Å²) >= 11 is 0. The first-order valence-corrected chi connectivity index (χ1v) is 9.63. The first kappa shape index (κ1) is 21.6. The number of aromatic amines is 1. The minimum Gasteiger partial charge on any atom is -0.507 e. The van der Waals surface area contributed by atoms with E-state index >= 15 is 0 Å². The highest BCUT2D eigenvalue weighted by Gasteiger charge is 2.17. The number of unbranched alkanes of at least 4 members (excludes halogenated alkanes) is 1. The monoisotopic (exact) mass is 422 g/mol. The van der Waals surface area contributed by atoms with Crippen molar-refractivity contribution in [1.82, 2.24) is 10.3 Å². The number of H-pyrrole nitrogens is 1. The molecule has 0 aliphatic rings. The van der Waals surface area contributed by atoms with Gasteiger partial charge in [-0.3, -0.25) is 10.1 Å². The number of nitrogens with one attached hydrogen (secondary N) is 2. The quantitative estimate of drug-likeness (QED) is 0.287. The second-order valence-electron chi connectivity index (χ2n) is 6.71. The number of carbonyl (C=O) groups is 2. The molecule has 0 atom stereocenters. The van der Waals surface area contributed by atoms with Crippen LogP contribution in [0, 0.1) is 0 Å². The van der Waals surface area contributed by atoms with Gasteiger partial charge < -0.3 is 19.2 Å². The van der Waals surface area contributed by atoms with E-state index in [1.54, 1.807) is 12.2 Å². The molecule has 3 N–H and O–H groups in total. The fourth-order valence-electron chi connectivity index (χ4n) is 2.97. The molecule has 0 unspecified atom stereocenters. The zero-order valence-electron chi connectivity index (χ0n) is 16.9. The summed E-state index contributed by atoms with van der Waals surface area (Å²) < 4.78 is 9.61. The third-order valence-corrected chi connectivity index (χ3v) is 4.53. The molecule has 2 heterocycles. The normalized spacial score (nSPS) is 11.4. The molecule has 3 aromatic rings. The maximum absolute atomic E-state index is 12.4. The Kier molecular flexibility index (Phi) is 7.05. The maximum Gasteiger partial charge on any atom is 0.410 e. The number of ketones is 1. The molecule has 8 heteroatoms. The summed E-state index contributed by atoms with van der Waals surface area (Å²) in [6.07, 6.45) is 8.85. The van der Waals surface area contributed by atoms with Crippen LogP contribution in [-0.4, -0.2) is 29.1 Å². The number of methoxy groups -OCH3 is 1. The highest BCUT2D eigenvalue weighted by molar-refractivity contribution is 6.08. The predicted molar refractivity (Wildman–Crippen MR) is 116 cm³/mol. The molecule has 1 amide bonds. The number of fused-ring (bicyclic) bond motifs is 1. The van der Waals surface area contributed by atoms with Gasteiger partial charge in [0.25, 0.3) is 0 Å². The predicted octanol–water partition coefficient (Wildman–Crippen LogP) is 3.92. The number of carbonyl (C=O) groups excluding carboxylic acids is 2. The summed E-state index contributed by atoms with van der Waals surface area (Å²) in [5.41, 5.74) is 0.488. The Morgan fingerprint density at radius 1 is 1.26 bits per heavy atom. The van der Waals surface area contributed by atoms with Crippen molar-refractivity contribution < 1.29 is 23.8 Å². The lowest BCUT2D eigenvalue weighted by molar-refractivity contribution is 0.104. The van der Waals surface area contributed by atoms with Crippen LogP contribution in [-0.2, 0) is 11.2 Å². The molecular weight excluding hydrogens is 400 g/mol. The van der Waals surface area contributed by atoms with Crippen LogP contribution in [0.25, 0.3) is 17.0 Å². The van der Waals surface area contributed by atoms with E-state index < -0.39 is 28.8 Å². The van der Waals surface area contributed by atoms with Gasteiger partial charge in [0.2, 0.25) is 0 Å². The molecule has 3 rings (SSSR count). The Bertz CT molecular complexity index is 1200. The molecule has 0 radical (unpaired) electrons. The zero-order chi connectivity index (χ0) is 22.2. The minimum atomic E-state index is -0.881. The van der Waals surface area contributed by atoms with Crippen molar-refractivity contribution in [2.24, 2.45) is 0 Å². The Labute approximate surface area is 177 Å². The first-order valence-electron chi connectivity index (χ1n) is 9.63. The summed E-state index contributed by atoms with van der Waals surface area (Å²) in [6, 6.07) is 8.82. The van der Waals surface area contributed by atoms with Crippen molar-refractivity contribution in [2.45, 2.75) is 19.3 Å². The number of aryl methyl sites for hydroxylation is 1. The minimum absolute atomic E-state index is 0.273. The lowest BCUT2D eigenvalue weighted by Crippen LogP contribution is -2.15. The molecule has 0 aliphatic heterocycles. The lowest BCUT2D eigenvalue weighted by atomic mass is 10.1. The molecule has 0 saturated heterocycles. The van der Waals surface area contributed by atoms with Gasteiger partial charge in [-0.1, -0.05) is 18.2 Å². The summed E-state index contributed by atoms with van der Waals surface area (Å²) in [4.78, 5) is 38.7. The maximum atomic E-state index is 12.4. The van der Waals surface area contributed by atoms with Gasteiger partial charge in [0.1, 0.15) is 17.1 Å².